The van der Waals surface area contributed by atoms with Gasteiger partial charge >= 0.3 is 11.9 Å². The van der Waals surface area contributed by atoms with Gasteiger partial charge in [-0.3, -0.25) is 15.0 Å². The summed E-state index contributed by atoms with van der Waals surface area (Å²) in [5.41, 5.74) is 2.50. The van der Waals surface area contributed by atoms with Crippen LogP contribution in [-0.2, 0) is 25.6 Å². The second-order valence-corrected chi connectivity index (χ2v) is 11.4. The van der Waals surface area contributed by atoms with E-state index < -0.39 is 23.0 Å². The molecule has 11 heteroatoms. The van der Waals surface area contributed by atoms with Crippen molar-refractivity contribution in [2.45, 2.75) is 35.9 Å². The van der Waals surface area contributed by atoms with Crippen LogP contribution in [-0.4, -0.2) is 62.4 Å². The molecule has 0 amide bonds. The number of hydrogen-bond donors (Lipinski definition) is 0. The van der Waals surface area contributed by atoms with Crippen molar-refractivity contribution >= 4 is 11.9 Å². The summed E-state index contributed by atoms with van der Waals surface area (Å²) in [6, 6.07) is 21.0. The maximum atomic E-state index is 14.2. The molecule has 4 aliphatic rings. The molecule has 1 aliphatic heterocycles. The molecule has 1 aromatic carbocycles. The lowest BCUT2D eigenvalue weighted by molar-refractivity contribution is -0.206. The number of carbonyl (C=O) groups excluding carboxylic acids is 2. The fourth-order valence-electron chi connectivity index (χ4n) is 8.43. The van der Waals surface area contributed by atoms with Gasteiger partial charge < -0.3 is 9.47 Å². The Bertz CT molecular complexity index is 1790. The molecule has 4 heterocycles. The van der Waals surface area contributed by atoms with E-state index >= 15 is 0 Å². The first-order chi connectivity index (χ1) is 21.1. The Morgan fingerprint density at radius 3 is 1.93 bits per heavy atom. The van der Waals surface area contributed by atoms with Gasteiger partial charge in [-0.1, -0.05) is 47.7 Å². The summed E-state index contributed by atoms with van der Waals surface area (Å²) in [6.45, 7) is 0.270. The normalized spacial score (nSPS) is 28.9. The van der Waals surface area contributed by atoms with Crippen LogP contribution in [0.5, 0.6) is 0 Å². The quantitative estimate of drug-likeness (QED) is 0.247. The number of aromatic nitrogens is 4. The van der Waals surface area contributed by atoms with Gasteiger partial charge in [0.2, 0.25) is 5.54 Å². The minimum atomic E-state index is -1.58. The minimum absolute atomic E-state index is 0.168. The van der Waals surface area contributed by atoms with Crippen LogP contribution in [0.1, 0.15) is 34.9 Å². The number of rotatable bonds is 6. The number of carbonyl (C=O) groups is 2. The lowest BCUT2D eigenvalue weighted by Crippen LogP contribution is -2.84. The van der Waals surface area contributed by atoms with Gasteiger partial charge in [0.15, 0.2) is 5.54 Å². The Labute approximate surface area is 247 Å². The lowest BCUT2D eigenvalue weighted by Gasteiger charge is -2.62. The Balaban J connectivity index is 1.37. The molecule has 2 saturated carbocycles. The van der Waals surface area contributed by atoms with E-state index in [4.69, 9.17) is 14.6 Å². The summed E-state index contributed by atoms with van der Waals surface area (Å²) in [5.74, 6) is -2.21. The van der Waals surface area contributed by atoms with Crippen LogP contribution in [0.4, 0.5) is 0 Å². The van der Waals surface area contributed by atoms with E-state index in [1.54, 1.807) is 17.4 Å². The highest BCUT2D eigenvalue weighted by Crippen LogP contribution is 2.78. The monoisotopic (exact) mass is 573 g/mol. The molecule has 0 unspecified atom stereocenters. The highest BCUT2D eigenvalue weighted by molar-refractivity contribution is 6.00. The predicted octanol–water partition coefficient (Wildman–Crippen LogP) is 4.14. The van der Waals surface area contributed by atoms with Crippen LogP contribution in [0, 0.1) is 11.8 Å². The summed E-state index contributed by atoms with van der Waals surface area (Å²) in [5, 5.41) is 20.2. The second-order valence-electron chi connectivity index (χ2n) is 11.4. The number of fused-ring (bicyclic) bond motifs is 11. The average molecular weight is 574 g/mol. The molecule has 0 radical (unpaired) electrons. The molecule has 4 aromatic rings. The first-order valence-corrected chi connectivity index (χ1v) is 14.2. The third-order valence-electron chi connectivity index (χ3n) is 9.80. The number of methoxy groups -OCH3 is 2. The highest BCUT2D eigenvalue weighted by atomic mass is 16.5. The smallest absolute Gasteiger partial charge is 0.339 e. The topological polar surface area (TPSA) is 132 Å². The average Bonchev–Trinajstić information content (AvgIpc) is 3.69. The Morgan fingerprint density at radius 2 is 1.37 bits per heavy atom. The van der Waals surface area contributed by atoms with Gasteiger partial charge in [0, 0.05) is 24.2 Å². The number of pyridine rings is 2. The van der Waals surface area contributed by atoms with Crippen molar-refractivity contribution in [2.75, 3.05) is 14.2 Å². The predicted molar refractivity (Wildman–Crippen MR) is 152 cm³/mol. The summed E-state index contributed by atoms with van der Waals surface area (Å²) in [7, 11) is 2.67. The van der Waals surface area contributed by atoms with Crippen molar-refractivity contribution in [3.63, 3.8) is 0 Å². The van der Waals surface area contributed by atoms with Gasteiger partial charge in [0.25, 0.3) is 0 Å². The molecule has 3 aliphatic carbocycles. The molecule has 0 N–H and O–H groups in total. The van der Waals surface area contributed by atoms with Gasteiger partial charge in [0.05, 0.1) is 32.2 Å². The fraction of sp³-hybridized carbons (Fsp3) is 0.312. The zero-order chi connectivity index (χ0) is 29.3. The Morgan fingerprint density at radius 1 is 0.791 bits per heavy atom. The lowest BCUT2D eigenvalue weighted by atomic mass is 9.42. The largest absolute Gasteiger partial charge is 0.467 e. The number of hydrogen-bond acceptors (Lipinski definition) is 11. The highest BCUT2D eigenvalue weighted by Gasteiger charge is 2.91. The maximum Gasteiger partial charge on any atom is 0.339 e. The fourth-order valence-corrected chi connectivity index (χ4v) is 8.43. The van der Waals surface area contributed by atoms with Gasteiger partial charge in [-0.15, -0.1) is 15.3 Å². The molecule has 43 heavy (non-hydrogen) atoms. The van der Waals surface area contributed by atoms with E-state index in [-0.39, 0.29) is 30.2 Å². The third-order valence-corrected chi connectivity index (χ3v) is 9.80. The molecule has 3 aromatic heterocycles. The Hall–Kier alpha value is -5.06. The number of nitrogens with zero attached hydrogens (tertiary/aromatic N) is 7. The summed E-state index contributed by atoms with van der Waals surface area (Å²) < 4.78 is 10.9. The molecule has 2 bridgehead atoms. The van der Waals surface area contributed by atoms with E-state index in [9.17, 15) is 9.59 Å². The molecular weight excluding hydrogens is 546 g/mol. The molecular formula is C32H27N7O4. The molecule has 6 atom stereocenters. The van der Waals surface area contributed by atoms with E-state index in [0.717, 1.165) is 16.7 Å². The SMILES string of the molecule is COC(=O)[C@@]12[C@@H]3[C@@H]([C@@H]4C[C@H]3c3c(-c5ccccn5)nnc(-c5ccccn5)c34)[C@]1(C(=O)OC)N=NN2Cc1ccccc1. The molecule has 0 spiro atoms. The standard InChI is InChI=1S/C32H27N7O4/c1-42-29(40)31-25-19-16-20(26(25)32(31,30(41)43-2)39(38-37-31)17-18-10-4-3-5-11-18)24-23(19)27(21-12-6-8-14-33-21)35-36-28(24)22-13-7-9-15-34-22/h3-15,19-20,25-26H,16-17H2,1-2H3/t19-,20+,25-,26+,31-,32+/m1/s1. The van der Waals surface area contributed by atoms with E-state index in [1.807, 2.05) is 66.7 Å². The Kier molecular flexibility index (Phi) is 5.50. The van der Waals surface area contributed by atoms with Gasteiger partial charge in [0.1, 0.15) is 11.4 Å². The first-order valence-electron chi connectivity index (χ1n) is 14.2. The molecule has 0 saturated heterocycles. The van der Waals surface area contributed by atoms with E-state index in [0.29, 0.717) is 29.2 Å². The second kappa shape index (κ2) is 9.22. The number of benzene rings is 1. The molecule has 214 valence electrons. The first kappa shape index (κ1) is 25.6. The van der Waals surface area contributed by atoms with Crippen molar-refractivity contribution in [1.82, 2.24) is 25.2 Å². The van der Waals surface area contributed by atoms with E-state index in [2.05, 4.69) is 25.4 Å². The number of esters is 2. The molecule has 11 nitrogen and oxygen atoms in total. The van der Waals surface area contributed by atoms with Crippen LogP contribution in [0.3, 0.4) is 0 Å². The van der Waals surface area contributed by atoms with Crippen molar-refractivity contribution in [1.29, 1.82) is 0 Å². The zero-order valence-electron chi connectivity index (χ0n) is 23.5. The summed E-state index contributed by atoms with van der Waals surface area (Å²) >= 11 is 0. The van der Waals surface area contributed by atoms with E-state index in [1.165, 1.54) is 14.2 Å². The zero-order valence-corrected chi connectivity index (χ0v) is 23.5. The summed E-state index contributed by atoms with van der Waals surface area (Å²) in [6.07, 6.45) is 4.13. The molecule has 2 fully saturated rings. The van der Waals surface area contributed by atoms with Gasteiger partial charge in [-0.25, -0.2) is 9.59 Å². The van der Waals surface area contributed by atoms with Crippen molar-refractivity contribution < 1.29 is 19.1 Å². The van der Waals surface area contributed by atoms with Crippen LogP contribution in [0.2, 0.25) is 0 Å². The van der Waals surface area contributed by atoms with Crippen molar-refractivity contribution in [3.8, 4) is 22.8 Å². The van der Waals surface area contributed by atoms with Crippen LogP contribution < -0.4 is 0 Å². The number of ether oxygens (including phenoxy) is 2. The third kappa shape index (κ3) is 3.08. The van der Waals surface area contributed by atoms with Crippen molar-refractivity contribution in [2.24, 2.45) is 22.2 Å². The van der Waals surface area contributed by atoms with Crippen LogP contribution >= 0.6 is 0 Å². The van der Waals surface area contributed by atoms with Crippen LogP contribution in [0.25, 0.3) is 22.8 Å². The molecule has 8 rings (SSSR count). The van der Waals surface area contributed by atoms with Gasteiger partial charge in [-0.2, -0.15) is 0 Å². The summed E-state index contributed by atoms with van der Waals surface area (Å²) in [4.78, 5) is 37.3. The minimum Gasteiger partial charge on any atom is -0.467 e. The van der Waals surface area contributed by atoms with Crippen LogP contribution in [0.15, 0.2) is 89.5 Å². The maximum absolute atomic E-state index is 14.2. The van der Waals surface area contributed by atoms with Crippen molar-refractivity contribution in [3.05, 3.63) is 95.8 Å². The van der Waals surface area contributed by atoms with Gasteiger partial charge in [-0.05, 0) is 59.2 Å².